The Labute approximate surface area is 130 Å². The minimum Gasteiger partial charge on any atom is -0.326 e. The van der Waals surface area contributed by atoms with E-state index in [0.717, 1.165) is 14.4 Å². The van der Waals surface area contributed by atoms with Crippen molar-refractivity contribution in [1.29, 1.82) is 0 Å². The van der Waals surface area contributed by atoms with Gasteiger partial charge in [-0.2, -0.15) is 0 Å². The lowest BCUT2D eigenvalue weighted by molar-refractivity contribution is 0.949. The molecule has 0 atom stereocenters. The summed E-state index contributed by atoms with van der Waals surface area (Å²) in [5.41, 5.74) is 7.11. The van der Waals surface area contributed by atoms with Gasteiger partial charge in [-0.1, -0.05) is 47.9 Å². The van der Waals surface area contributed by atoms with Crippen molar-refractivity contribution in [2.45, 2.75) is 31.9 Å². The van der Waals surface area contributed by atoms with Crippen molar-refractivity contribution in [1.82, 2.24) is 10.2 Å². The molecule has 0 aliphatic carbocycles. The normalized spacial score (nSPS) is 10.9. The first-order valence-corrected chi connectivity index (χ1v) is 9.63. The van der Waals surface area contributed by atoms with Crippen molar-refractivity contribution < 1.29 is 0 Å². The average Bonchev–Trinajstić information content (AvgIpc) is 2.87. The summed E-state index contributed by atoms with van der Waals surface area (Å²) in [6, 6.07) is 6.32. The molecule has 1 aromatic carbocycles. The third-order valence-electron chi connectivity index (χ3n) is 2.35. The molecule has 0 radical (unpaired) electrons. The maximum absolute atomic E-state index is 5.90. The molecule has 0 amide bonds. The average molecular weight is 330 g/mol. The SMILES string of the molecule is CCSc1cccc(Sc2nnc(SC)s2)c1CN. The molecule has 0 spiro atoms. The van der Waals surface area contributed by atoms with Gasteiger partial charge in [-0.05, 0) is 29.7 Å². The quantitative estimate of drug-likeness (QED) is 0.809. The largest absolute Gasteiger partial charge is 0.326 e. The number of aromatic nitrogens is 2. The van der Waals surface area contributed by atoms with Gasteiger partial charge >= 0.3 is 0 Å². The lowest BCUT2D eigenvalue weighted by atomic mass is 10.2. The Kier molecular flexibility index (Phi) is 6.03. The summed E-state index contributed by atoms with van der Waals surface area (Å²) in [4.78, 5) is 2.45. The van der Waals surface area contributed by atoms with Gasteiger partial charge < -0.3 is 5.73 Å². The van der Waals surface area contributed by atoms with E-state index in [2.05, 4.69) is 35.3 Å². The molecule has 2 aromatic rings. The number of nitrogens with two attached hydrogens (primary N) is 1. The predicted octanol–water partition coefficient (Wildman–Crippen LogP) is 3.98. The van der Waals surface area contributed by atoms with E-state index >= 15 is 0 Å². The van der Waals surface area contributed by atoms with Crippen LogP contribution in [0.15, 0.2) is 36.7 Å². The predicted molar refractivity (Wildman–Crippen MR) is 86.5 cm³/mol. The van der Waals surface area contributed by atoms with Crippen LogP contribution in [0, 0.1) is 0 Å². The van der Waals surface area contributed by atoms with E-state index in [1.165, 1.54) is 15.4 Å². The van der Waals surface area contributed by atoms with E-state index < -0.39 is 0 Å². The fraction of sp³-hybridized carbons (Fsp3) is 0.333. The molecule has 1 heterocycles. The third-order valence-corrected chi connectivity index (χ3v) is 6.39. The molecule has 3 nitrogen and oxygen atoms in total. The van der Waals surface area contributed by atoms with Gasteiger partial charge in [-0.15, -0.1) is 22.0 Å². The second-order valence-electron chi connectivity index (χ2n) is 3.51. The molecule has 0 unspecified atom stereocenters. The fourth-order valence-electron chi connectivity index (χ4n) is 1.55. The zero-order valence-corrected chi connectivity index (χ0v) is 14.0. The van der Waals surface area contributed by atoms with Crippen molar-refractivity contribution in [3.05, 3.63) is 23.8 Å². The number of rotatable bonds is 6. The minimum absolute atomic E-state index is 0.555. The first kappa shape index (κ1) is 15.2. The van der Waals surface area contributed by atoms with Crippen molar-refractivity contribution in [3.8, 4) is 0 Å². The molecule has 0 saturated carbocycles. The van der Waals surface area contributed by atoms with Crippen LogP contribution in [0.4, 0.5) is 0 Å². The van der Waals surface area contributed by atoms with E-state index in [1.54, 1.807) is 34.9 Å². The molecule has 1 aromatic heterocycles. The molecule has 19 heavy (non-hydrogen) atoms. The topological polar surface area (TPSA) is 51.8 Å². The number of hydrogen-bond acceptors (Lipinski definition) is 7. The smallest absolute Gasteiger partial charge is 0.179 e. The number of benzene rings is 1. The molecule has 0 saturated heterocycles. The summed E-state index contributed by atoms with van der Waals surface area (Å²) in [7, 11) is 0. The first-order chi connectivity index (χ1) is 9.28. The Morgan fingerprint density at radius 2 is 1.95 bits per heavy atom. The highest BCUT2D eigenvalue weighted by Crippen LogP contribution is 2.37. The van der Waals surface area contributed by atoms with E-state index in [-0.39, 0.29) is 0 Å². The fourth-order valence-corrected chi connectivity index (χ4v) is 5.04. The van der Waals surface area contributed by atoms with Gasteiger partial charge in [-0.25, -0.2) is 0 Å². The maximum Gasteiger partial charge on any atom is 0.179 e. The Balaban J connectivity index is 2.26. The monoisotopic (exact) mass is 329 g/mol. The van der Waals surface area contributed by atoms with Crippen molar-refractivity contribution in [2.75, 3.05) is 12.0 Å². The van der Waals surface area contributed by atoms with Crippen LogP contribution in [0.1, 0.15) is 12.5 Å². The van der Waals surface area contributed by atoms with Gasteiger partial charge in [0.05, 0.1) is 0 Å². The van der Waals surface area contributed by atoms with Crippen LogP contribution in [0.3, 0.4) is 0 Å². The summed E-state index contributed by atoms with van der Waals surface area (Å²) in [6.45, 7) is 2.71. The highest BCUT2D eigenvalue weighted by molar-refractivity contribution is 8.03. The van der Waals surface area contributed by atoms with Crippen LogP contribution in [0.2, 0.25) is 0 Å². The Morgan fingerprint density at radius 3 is 2.58 bits per heavy atom. The summed E-state index contributed by atoms with van der Waals surface area (Å²) in [6.07, 6.45) is 2.01. The molecule has 0 fully saturated rings. The molecule has 0 aliphatic heterocycles. The Morgan fingerprint density at radius 1 is 1.21 bits per heavy atom. The second kappa shape index (κ2) is 7.54. The molecule has 2 rings (SSSR count). The van der Waals surface area contributed by atoms with Crippen LogP contribution >= 0.6 is 46.6 Å². The minimum atomic E-state index is 0.555. The van der Waals surface area contributed by atoms with Gasteiger partial charge in [0.15, 0.2) is 8.68 Å². The summed E-state index contributed by atoms with van der Waals surface area (Å²) in [5, 5.41) is 8.32. The number of thioether (sulfide) groups is 2. The van der Waals surface area contributed by atoms with Gasteiger partial charge in [0.25, 0.3) is 0 Å². The van der Waals surface area contributed by atoms with Crippen molar-refractivity contribution in [2.24, 2.45) is 5.73 Å². The lowest BCUT2D eigenvalue weighted by Crippen LogP contribution is -2.00. The van der Waals surface area contributed by atoms with Crippen LogP contribution in [0.25, 0.3) is 0 Å². The van der Waals surface area contributed by atoms with E-state index in [4.69, 9.17) is 5.73 Å². The van der Waals surface area contributed by atoms with Crippen molar-refractivity contribution in [3.63, 3.8) is 0 Å². The van der Waals surface area contributed by atoms with Crippen LogP contribution in [0.5, 0.6) is 0 Å². The van der Waals surface area contributed by atoms with Gasteiger partial charge in [0.2, 0.25) is 0 Å². The van der Waals surface area contributed by atoms with Crippen LogP contribution in [-0.2, 0) is 6.54 Å². The first-order valence-electron chi connectivity index (χ1n) is 5.78. The molecule has 0 bridgehead atoms. The Hall–Kier alpha value is -0.210. The van der Waals surface area contributed by atoms with Gasteiger partial charge in [-0.3, -0.25) is 0 Å². The second-order valence-corrected chi connectivity index (χ2v) is 8.14. The third kappa shape index (κ3) is 3.88. The van der Waals surface area contributed by atoms with Gasteiger partial charge in [0, 0.05) is 16.3 Å². The van der Waals surface area contributed by atoms with E-state index in [0.29, 0.717) is 6.54 Å². The molecule has 102 valence electrons. The molecule has 2 N–H and O–H groups in total. The number of hydrogen-bond donors (Lipinski definition) is 1. The molecule has 0 aliphatic rings. The molecular weight excluding hydrogens is 314 g/mol. The summed E-state index contributed by atoms with van der Waals surface area (Å²) >= 11 is 6.73. The van der Waals surface area contributed by atoms with E-state index in [1.807, 2.05) is 18.0 Å². The molecular formula is C12H15N3S4. The Bertz CT molecular complexity index is 542. The summed E-state index contributed by atoms with van der Waals surface area (Å²) in [5.74, 6) is 1.05. The molecule has 7 heteroatoms. The zero-order chi connectivity index (χ0) is 13.7. The van der Waals surface area contributed by atoms with Crippen molar-refractivity contribution >= 4 is 46.6 Å². The summed E-state index contributed by atoms with van der Waals surface area (Å²) < 4.78 is 1.97. The lowest BCUT2D eigenvalue weighted by Gasteiger charge is -2.10. The van der Waals surface area contributed by atoms with Crippen LogP contribution < -0.4 is 5.73 Å². The van der Waals surface area contributed by atoms with E-state index in [9.17, 15) is 0 Å². The standard InChI is InChI=1S/C12H15N3S4/c1-3-17-9-5-4-6-10(8(9)7-13)18-12-15-14-11(16-2)19-12/h4-6H,3,7,13H2,1-2H3. The van der Waals surface area contributed by atoms with Gasteiger partial charge in [0.1, 0.15) is 0 Å². The van der Waals surface area contributed by atoms with Crippen LogP contribution in [-0.4, -0.2) is 22.2 Å². The highest BCUT2D eigenvalue weighted by atomic mass is 32.2. The number of nitrogens with zero attached hydrogens (tertiary/aromatic N) is 2. The maximum atomic E-state index is 5.90. The zero-order valence-electron chi connectivity index (χ0n) is 10.8. The highest BCUT2D eigenvalue weighted by Gasteiger charge is 2.11.